The van der Waals surface area contributed by atoms with Gasteiger partial charge in [-0.25, -0.2) is 18.2 Å². The Morgan fingerprint density at radius 2 is 1.45 bits per heavy atom. The van der Waals surface area contributed by atoms with Crippen LogP contribution in [0.2, 0.25) is 0 Å². The summed E-state index contributed by atoms with van der Waals surface area (Å²) in [6.07, 6.45) is 0. The van der Waals surface area contributed by atoms with Gasteiger partial charge in [-0.2, -0.15) is 0 Å². The summed E-state index contributed by atoms with van der Waals surface area (Å²) in [7, 11) is 9.57. The van der Waals surface area contributed by atoms with Crippen LogP contribution in [0.4, 0.5) is 4.39 Å². The van der Waals surface area contributed by atoms with Crippen molar-refractivity contribution in [3.63, 3.8) is 0 Å². The van der Waals surface area contributed by atoms with E-state index in [0.717, 1.165) is 17.1 Å². The van der Waals surface area contributed by atoms with Gasteiger partial charge in [0.25, 0.3) is 0 Å². The van der Waals surface area contributed by atoms with Crippen LogP contribution in [0.25, 0.3) is 0 Å². The predicted octanol–water partition coefficient (Wildman–Crippen LogP) is 5.48. The zero-order valence-corrected chi connectivity index (χ0v) is 20.8. The number of carboxylic acid groups (broad SMARTS) is 1. The molecule has 0 heterocycles. The molecule has 2 N–H and O–H groups in total. The molecule has 0 fully saturated rings. The number of hydrogen-bond donors (Lipinski definition) is 2. The van der Waals surface area contributed by atoms with Gasteiger partial charge in [0.05, 0.1) is 18.2 Å². The molecular formula is C17H17Br2Cl2FO6S. The van der Waals surface area contributed by atoms with Gasteiger partial charge in [-0.15, -0.1) is 0 Å². The van der Waals surface area contributed by atoms with E-state index >= 15 is 0 Å². The largest absolute Gasteiger partial charge is 0.478 e. The topological polar surface area (TPSA) is 101 Å². The Morgan fingerprint density at radius 3 is 1.79 bits per heavy atom. The average Bonchev–Trinajstić information content (AvgIpc) is 2.62. The summed E-state index contributed by atoms with van der Waals surface area (Å²) in [6.45, 7) is 1.77. The van der Waals surface area contributed by atoms with Gasteiger partial charge < -0.3 is 14.9 Å². The average molecular weight is 599 g/mol. The summed E-state index contributed by atoms with van der Waals surface area (Å²) in [6, 6.07) is 9.24. The molecule has 0 spiro atoms. The fourth-order valence-corrected chi connectivity index (χ4v) is 2.44. The molecule has 0 aromatic heterocycles. The van der Waals surface area contributed by atoms with Crippen LogP contribution in [0, 0.1) is 12.7 Å². The molecule has 0 saturated carbocycles. The lowest BCUT2D eigenvalue weighted by Gasteiger charge is -2.00. The zero-order valence-electron chi connectivity index (χ0n) is 15.3. The zero-order chi connectivity index (χ0) is 23.1. The van der Waals surface area contributed by atoms with Gasteiger partial charge in [0.1, 0.15) is 5.82 Å². The highest BCUT2D eigenvalue weighted by atomic mass is 79.9. The number of rotatable bonds is 2. The first-order chi connectivity index (χ1) is 13.5. The molecule has 2 rings (SSSR count). The molecule has 0 saturated heterocycles. The van der Waals surface area contributed by atoms with Crippen molar-refractivity contribution in [2.75, 3.05) is 14.2 Å². The molecule has 0 unspecified atom stereocenters. The summed E-state index contributed by atoms with van der Waals surface area (Å²) in [5.74, 6) is -2.13. The Kier molecular flexibility index (Phi) is 17.4. The Bertz CT molecular complexity index is 836. The maximum Gasteiger partial charge on any atom is 0.340 e. The van der Waals surface area contributed by atoms with Crippen molar-refractivity contribution in [2.45, 2.75) is 6.92 Å². The number of carbonyl (C=O) groups is 2. The number of carboxylic acids is 1. The fourth-order valence-electron chi connectivity index (χ4n) is 1.63. The number of benzene rings is 2. The molecule has 0 atom stereocenters. The summed E-state index contributed by atoms with van der Waals surface area (Å²) >= 11 is 6.33. The Hall–Kier alpha value is -1.04. The number of methoxy groups -OCH3 is 1. The van der Waals surface area contributed by atoms with Crippen molar-refractivity contribution in [3.8, 4) is 0 Å². The van der Waals surface area contributed by atoms with Gasteiger partial charge in [0, 0.05) is 37.4 Å². The van der Waals surface area contributed by atoms with Crippen LogP contribution in [0.5, 0.6) is 0 Å². The fraction of sp³-hybridized carbons (Fsp3) is 0.176. The van der Waals surface area contributed by atoms with Crippen LogP contribution >= 0.6 is 53.2 Å². The number of ether oxygens (including phenoxy) is 1. The lowest BCUT2D eigenvalue weighted by atomic mass is 10.1. The van der Waals surface area contributed by atoms with Crippen LogP contribution in [0.3, 0.4) is 0 Å². The van der Waals surface area contributed by atoms with E-state index in [-0.39, 0.29) is 5.56 Å². The molecule has 2 aromatic carbocycles. The molecule has 0 aliphatic rings. The summed E-state index contributed by atoms with van der Waals surface area (Å²) in [4.78, 5) is 21.4. The lowest BCUT2D eigenvalue weighted by Crippen LogP contribution is -2.03. The van der Waals surface area contributed by atoms with E-state index in [1.165, 1.54) is 19.2 Å². The number of aliphatic hydroxyl groups excluding tert-OH is 1. The molecule has 29 heavy (non-hydrogen) atoms. The van der Waals surface area contributed by atoms with Crippen LogP contribution in [-0.4, -0.2) is 40.6 Å². The lowest BCUT2D eigenvalue weighted by molar-refractivity contribution is 0.0594. The summed E-state index contributed by atoms with van der Waals surface area (Å²) < 4.78 is 27.9. The van der Waals surface area contributed by atoms with Crippen LogP contribution in [-0.2, 0) is 14.0 Å². The molecule has 162 valence electrons. The number of hydrogen-bond acceptors (Lipinski definition) is 5. The van der Waals surface area contributed by atoms with Gasteiger partial charge in [0.2, 0.25) is 9.23 Å². The van der Waals surface area contributed by atoms with E-state index in [9.17, 15) is 14.0 Å². The van der Waals surface area contributed by atoms with Gasteiger partial charge in [-0.3, -0.25) is 0 Å². The van der Waals surface area contributed by atoms with Crippen molar-refractivity contribution in [1.29, 1.82) is 0 Å². The maximum atomic E-state index is 13.0. The van der Waals surface area contributed by atoms with Crippen LogP contribution in [0.15, 0.2) is 45.3 Å². The Labute approximate surface area is 195 Å². The molecule has 12 heteroatoms. The summed E-state index contributed by atoms with van der Waals surface area (Å²) in [5, 5.41) is 15.6. The molecule has 0 radical (unpaired) electrons. The third-order valence-corrected chi connectivity index (χ3v) is 3.74. The minimum absolute atomic E-state index is 0.0549. The molecule has 2 aromatic rings. The molecule has 6 nitrogen and oxygen atoms in total. The van der Waals surface area contributed by atoms with Crippen LogP contribution in [0.1, 0.15) is 26.3 Å². The third-order valence-electron chi connectivity index (χ3n) is 2.76. The number of halogens is 5. The second kappa shape index (κ2) is 16.7. The van der Waals surface area contributed by atoms with Crippen molar-refractivity contribution in [2.24, 2.45) is 0 Å². The number of esters is 1. The Balaban J connectivity index is 0. The van der Waals surface area contributed by atoms with Crippen LogP contribution < -0.4 is 0 Å². The third kappa shape index (κ3) is 13.7. The number of aliphatic hydroxyl groups is 1. The Morgan fingerprint density at radius 1 is 1.03 bits per heavy atom. The molecule has 0 aliphatic heterocycles. The smallest absolute Gasteiger partial charge is 0.340 e. The first-order valence-electron chi connectivity index (χ1n) is 7.21. The van der Waals surface area contributed by atoms with Crippen molar-refractivity contribution in [3.05, 3.63) is 67.9 Å². The maximum absolute atomic E-state index is 13.0. The highest BCUT2D eigenvalue weighted by molar-refractivity contribution is 9.10. The van der Waals surface area contributed by atoms with E-state index in [2.05, 4.69) is 58.0 Å². The normalized spacial score (nSPS) is 9.03. The monoisotopic (exact) mass is 596 g/mol. The minimum atomic E-state index is -1.67. The van der Waals surface area contributed by atoms with Crippen molar-refractivity contribution in [1.82, 2.24) is 0 Å². The molecule has 0 amide bonds. The predicted molar refractivity (Wildman–Crippen MR) is 119 cm³/mol. The standard InChI is InChI=1S/C8H6BrFO2.C8H7BrO2.CH4O.Cl2OS/c1-12-8(11)6-3-2-5(9)4-7(6)10;1-5-4-6(9)2-3-7(5)8(10)11;1-2;1-4(2)3/h2-4H,1H3;2-4H,1H3,(H,10,11);2H,1H3;. The molecular weight excluding hydrogens is 582 g/mol. The number of aromatic carboxylic acids is 1. The second-order valence-corrected chi connectivity index (χ2v) is 8.92. The van der Waals surface area contributed by atoms with Crippen molar-refractivity contribution >= 4 is 74.4 Å². The highest BCUT2D eigenvalue weighted by Crippen LogP contribution is 2.16. The first kappa shape index (κ1) is 30.2. The minimum Gasteiger partial charge on any atom is -0.478 e. The quantitative estimate of drug-likeness (QED) is 0.351. The van der Waals surface area contributed by atoms with Gasteiger partial charge in [-0.1, -0.05) is 31.9 Å². The number of carbonyl (C=O) groups excluding carboxylic acids is 1. The summed E-state index contributed by atoms with van der Waals surface area (Å²) in [5.41, 5.74) is 1.07. The van der Waals surface area contributed by atoms with Gasteiger partial charge in [0.15, 0.2) is 0 Å². The van der Waals surface area contributed by atoms with E-state index in [1.54, 1.807) is 31.2 Å². The second-order valence-electron chi connectivity index (χ2n) is 4.56. The van der Waals surface area contributed by atoms with E-state index < -0.39 is 27.0 Å². The highest BCUT2D eigenvalue weighted by Gasteiger charge is 2.11. The van der Waals surface area contributed by atoms with E-state index in [4.69, 9.17) is 14.4 Å². The van der Waals surface area contributed by atoms with Gasteiger partial charge >= 0.3 is 11.9 Å². The van der Waals surface area contributed by atoms with Gasteiger partial charge in [-0.05, 0) is 48.9 Å². The van der Waals surface area contributed by atoms with Crippen molar-refractivity contribution < 1.29 is 33.1 Å². The number of aryl methyl sites for hydroxylation is 1. The SMILES string of the molecule is CO.COC(=O)c1ccc(Br)cc1F.Cc1cc(Br)ccc1C(=O)O.O=S(Cl)Cl. The van der Waals surface area contributed by atoms with E-state index in [1.807, 2.05) is 0 Å². The molecule has 0 aliphatic carbocycles. The molecule has 0 bridgehead atoms. The first-order valence-corrected chi connectivity index (χ1v) is 11.6. The van der Waals surface area contributed by atoms with E-state index in [0.29, 0.717) is 10.0 Å².